The fourth-order valence-corrected chi connectivity index (χ4v) is 2.61. The molecule has 0 bridgehead atoms. The molecule has 1 heterocycles. The molecule has 6 nitrogen and oxygen atoms in total. The summed E-state index contributed by atoms with van der Waals surface area (Å²) in [7, 11) is 0. The van der Waals surface area contributed by atoms with Crippen molar-refractivity contribution in [3.05, 3.63) is 70.9 Å². The van der Waals surface area contributed by atoms with Crippen LogP contribution < -0.4 is 11.1 Å². The third-order valence-corrected chi connectivity index (χ3v) is 4.28. The van der Waals surface area contributed by atoms with Crippen molar-refractivity contribution in [3.63, 3.8) is 0 Å². The van der Waals surface area contributed by atoms with Crippen LogP contribution in [0.5, 0.6) is 0 Å². The summed E-state index contributed by atoms with van der Waals surface area (Å²) in [6, 6.07) is 15.8. The van der Waals surface area contributed by atoms with Crippen LogP contribution in [0.3, 0.4) is 0 Å². The number of hydrogen-bond acceptors (Lipinski definition) is 4. The Morgan fingerprint density at radius 2 is 1.77 bits per heavy atom. The molecule has 134 valence electrons. The van der Waals surface area contributed by atoms with Gasteiger partial charge in [0.1, 0.15) is 0 Å². The quantitative estimate of drug-likeness (QED) is 0.737. The molecule has 0 aliphatic heterocycles. The van der Waals surface area contributed by atoms with Crippen molar-refractivity contribution in [1.82, 2.24) is 15.0 Å². The molecule has 0 unspecified atom stereocenters. The van der Waals surface area contributed by atoms with Crippen LogP contribution in [0, 0.1) is 6.92 Å². The lowest BCUT2D eigenvalue weighted by Gasteiger charge is -2.08. The van der Waals surface area contributed by atoms with Gasteiger partial charge >= 0.3 is 0 Å². The zero-order valence-corrected chi connectivity index (χ0v) is 15.2. The molecule has 1 amide bonds. The standard InChI is InChI=1S/C20H23N5O/c1-13(2)16-8-10-17(11-9-16)22-20(26)18-19(21)25(24-23-18)12-15-6-4-14(3)5-7-15/h4-11,13H,12,21H2,1-3H3,(H,22,26). The fourth-order valence-electron chi connectivity index (χ4n) is 2.61. The molecule has 6 heteroatoms. The number of amides is 1. The summed E-state index contributed by atoms with van der Waals surface area (Å²) in [6.07, 6.45) is 0. The van der Waals surface area contributed by atoms with Crippen molar-refractivity contribution < 1.29 is 4.79 Å². The number of nitrogen functional groups attached to an aromatic ring is 1. The van der Waals surface area contributed by atoms with Crippen LogP contribution >= 0.6 is 0 Å². The van der Waals surface area contributed by atoms with Crippen LogP contribution in [-0.4, -0.2) is 20.9 Å². The predicted octanol–water partition coefficient (Wildman–Crippen LogP) is 3.59. The maximum Gasteiger partial charge on any atom is 0.280 e. The maximum absolute atomic E-state index is 12.5. The molecule has 0 atom stereocenters. The molecule has 0 saturated heterocycles. The highest BCUT2D eigenvalue weighted by molar-refractivity contribution is 6.05. The summed E-state index contributed by atoms with van der Waals surface area (Å²) in [5.74, 6) is 0.328. The fraction of sp³-hybridized carbons (Fsp3) is 0.250. The Morgan fingerprint density at radius 1 is 1.12 bits per heavy atom. The van der Waals surface area contributed by atoms with Crippen LogP contribution in [-0.2, 0) is 6.54 Å². The Bertz CT molecular complexity index is 895. The van der Waals surface area contributed by atoms with Gasteiger partial charge in [-0.2, -0.15) is 0 Å². The average molecular weight is 349 g/mol. The first-order chi connectivity index (χ1) is 12.4. The highest BCUT2D eigenvalue weighted by Gasteiger charge is 2.18. The van der Waals surface area contributed by atoms with Crippen molar-refractivity contribution in [2.45, 2.75) is 33.2 Å². The van der Waals surface area contributed by atoms with Crippen molar-refractivity contribution in [2.75, 3.05) is 11.1 Å². The Hall–Kier alpha value is -3.15. The molecule has 3 aromatic rings. The van der Waals surface area contributed by atoms with Crippen LogP contribution in [0.4, 0.5) is 11.5 Å². The number of nitrogens with zero attached hydrogens (tertiary/aromatic N) is 3. The van der Waals surface area contributed by atoms with Gasteiger partial charge in [-0.15, -0.1) is 5.10 Å². The molecule has 26 heavy (non-hydrogen) atoms. The number of rotatable bonds is 5. The number of aryl methyl sites for hydroxylation is 1. The Labute approximate surface area is 153 Å². The van der Waals surface area contributed by atoms with Crippen molar-refractivity contribution in [1.29, 1.82) is 0 Å². The number of anilines is 2. The molecular weight excluding hydrogens is 326 g/mol. The maximum atomic E-state index is 12.5. The van der Waals surface area contributed by atoms with E-state index in [1.807, 2.05) is 55.5 Å². The van der Waals surface area contributed by atoms with Gasteiger partial charge in [0, 0.05) is 5.69 Å². The number of carbonyl (C=O) groups excluding carboxylic acids is 1. The van der Waals surface area contributed by atoms with E-state index >= 15 is 0 Å². The van der Waals surface area contributed by atoms with Gasteiger partial charge in [0.15, 0.2) is 11.5 Å². The van der Waals surface area contributed by atoms with E-state index in [1.165, 1.54) is 15.8 Å². The Kier molecular flexibility index (Phi) is 5.02. The summed E-state index contributed by atoms with van der Waals surface area (Å²) < 4.78 is 1.53. The monoisotopic (exact) mass is 349 g/mol. The first kappa shape index (κ1) is 17.7. The molecule has 0 fully saturated rings. The molecule has 0 aliphatic rings. The van der Waals surface area contributed by atoms with Gasteiger partial charge in [-0.1, -0.05) is 61.0 Å². The second-order valence-corrected chi connectivity index (χ2v) is 6.70. The first-order valence-electron chi connectivity index (χ1n) is 8.60. The van der Waals surface area contributed by atoms with E-state index in [0.29, 0.717) is 18.2 Å². The van der Waals surface area contributed by atoms with E-state index in [0.717, 1.165) is 5.56 Å². The van der Waals surface area contributed by atoms with Crippen LogP contribution in [0.15, 0.2) is 48.5 Å². The normalized spacial score (nSPS) is 10.9. The highest BCUT2D eigenvalue weighted by Crippen LogP contribution is 2.18. The van der Waals surface area contributed by atoms with E-state index in [-0.39, 0.29) is 17.4 Å². The molecule has 0 spiro atoms. The smallest absolute Gasteiger partial charge is 0.280 e. The summed E-state index contributed by atoms with van der Waals surface area (Å²) in [4.78, 5) is 12.5. The van der Waals surface area contributed by atoms with Gasteiger partial charge in [-0.3, -0.25) is 4.79 Å². The van der Waals surface area contributed by atoms with Gasteiger partial charge in [-0.05, 0) is 36.1 Å². The van der Waals surface area contributed by atoms with Crippen LogP contribution in [0.2, 0.25) is 0 Å². The van der Waals surface area contributed by atoms with Crippen LogP contribution in [0.1, 0.15) is 46.9 Å². The van der Waals surface area contributed by atoms with E-state index in [9.17, 15) is 4.79 Å². The Balaban J connectivity index is 1.72. The third-order valence-electron chi connectivity index (χ3n) is 4.28. The second-order valence-electron chi connectivity index (χ2n) is 6.70. The number of aromatic nitrogens is 3. The largest absolute Gasteiger partial charge is 0.382 e. The number of nitrogens with two attached hydrogens (primary N) is 1. The lowest BCUT2D eigenvalue weighted by molar-refractivity contribution is 0.102. The number of nitrogens with one attached hydrogen (secondary N) is 1. The van der Waals surface area contributed by atoms with Crippen molar-refractivity contribution in [3.8, 4) is 0 Å². The third kappa shape index (κ3) is 3.91. The van der Waals surface area contributed by atoms with E-state index in [4.69, 9.17) is 5.73 Å². The summed E-state index contributed by atoms with van der Waals surface area (Å²) in [5, 5.41) is 10.8. The molecular formula is C20H23N5O. The molecule has 3 rings (SSSR count). The molecule has 1 aromatic heterocycles. The van der Waals surface area contributed by atoms with Gasteiger partial charge in [0.25, 0.3) is 5.91 Å². The second kappa shape index (κ2) is 7.39. The van der Waals surface area contributed by atoms with Crippen LogP contribution in [0.25, 0.3) is 0 Å². The molecule has 0 radical (unpaired) electrons. The van der Waals surface area contributed by atoms with Crippen molar-refractivity contribution in [2.24, 2.45) is 0 Å². The molecule has 0 saturated carbocycles. The lowest BCUT2D eigenvalue weighted by atomic mass is 10.0. The van der Waals surface area contributed by atoms with Crippen molar-refractivity contribution >= 4 is 17.4 Å². The number of benzene rings is 2. The van der Waals surface area contributed by atoms with Gasteiger partial charge in [0.05, 0.1) is 6.54 Å². The SMILES string of the molecule is Cc1ccc(Cn2nnc(C(=O)Nc3ccc(C(C)C)cc3)c2N)cc1. The summed E-state index contributed by atoms with van der Waals surface area (Å²) in [5.41, 5.74) is 10.4. The minimum Gasteiger partial charge on any atom is -0.382 e. The predicted molar refractivity (Wildman–Crippen MR) is 103 cm³/mol. The van der Waals surface area contributed by atoms with E-state index in [2.05, 4.69) is 29.5 Å². The molecule has 0 aliphatic carbocycles. The van der Waals surface area contributed by atoms with E-state index < -0.39 is 0 Å². The molecule has 2 aromatic carbocycles. The molecule has 3 N–H and O–H groups in total. The highest BCUT2D eigenvalue weighted by atomic mass is 16.2. The minimum absolute atomic E-state index is 0.130. The minimum atomic E-state index is -0.366. The number of carbonyl (C=O) groups is 1. The summed E-state index contributed by atoms with van der Waals surface area (Å²) in [6.45, 7) is 6.75. The van der Waals surface area contributed by atoms with Gasteiger partial charge < -0.3 is 11.1 Å². The van der Waals surface area contributed by atoms with E-state index in [1.54, 1.807) is 0 Å². The average Bonchev–Trinajstić information content (AvgIpc) is 2.98. The zero-order chi connectivity index (χ0) is 18.7. The first-order valence-corrected chi connectivity index (χ1v) is 8.60. The number of hydrogen-bond donors (Lipinski definition) is 2. The Morgan fingerprint density at radius 3 is 2.38 bits per heavy atom. The topological polar surface area (TPSA) is 85.8 Å². The lowest BCUT2D eigenvalue weighted by Crippen LogP contribution is -2.15. The zero-order valence-electron chi connectivity index (χ0n) is 15.2. The van der Waals surface area contributed by atoms with Gasteiger partial charge in [0.2, 0.25) is 0 Å². The van der Waals surface area contributed by atoms with Gasteiger partial charge in [-0.25, -0.2) is 4.68 Å². The summed E-state index contributed by atoms with van der Waals surface area (Å²) >= 11 is 0.